The summed E-state index contributed by atoms with van der Waals surface area (Å²) in [6.07, 6.45) is 3.91. The number of carboxylic acid groups (broad SMARTS) is 1. The third kappa shape index (κ3) is 10.7. The number of imidazole rings is 1. The van der Waals surface area contributed by atoms with Crippen molar-refractivity contribution >= 4 is 56.3 Å². The molecule has 3 aromatic carbocycles. The summed E-state index contributed by atoms with van der Waals surface area (Å²) < 4.78 is 32.6. The summed E-state index contributed by atoms with van der Waals surface area (Å²) in [4.78, 5) is 66.4. The third-order valence-electron chi connectivity index (χ3n) is 9.62. The molecule has 18 heteroatoms. The number of hydrogen-bond donors (Lipinski definition) is 7. The molecule has 1 unspecified atom stereocenters. The maximum atomic E-state index is 13.5. The van der Waals surface area contributed by atoms with Crippen LogP contribution in [0.3, 0.4) is 0 Å². The molecule has 6 rings (SSSR count). The third-order valence-corrected chi connectivity index (χ3v) is 10.6. The second-order valence-corrected chi connectivity index (χ2v) is 15.3. The van der Waals surface area contributed by atoms with E-state index in [0.29, 0.717) is 65.5 Å². The lowest BCUT2D eigenvalue weighted by Crippen LogP contribution is -2.42. The van der Waals surface area contributed by atoms with Crippen LogP contribution in [-0.4, -0.2) is 92.7 Å². The smallest absolute Gasteiger partial charge is 0.305 e. The molecule has 3 amide bonds. The van der Waals surface area contributed by atoms with E-state index in [-0.39, 0.29) is 42.3 Å². The number of aromatic amines is 1. The first-order valence-corrected chi connectivity index (χ1v) is 20.2. The van der Waals surface area contributed by atoms with Gasteiger partial charge in [-0.15, -0.1) is 0 Å². The molecule has 0 fully saturated rings. The number of carbonyl (C=O) groups excluding carboxylic acids is 3. The van der Waals surface area contributed by atoms with Crippen molar-refractivity contribution in [2.45, 2.75) is 62.7 Å². The molecule has 5 aromatic rings. The molecule has 0 aliphatic carbocycles. The van der Waals surface area contributed by atoms with Crippen molar-refractivity contribution in [1.82, 2.24) is 35.5 Å². The zero-order chi connectivity index (χ0) is 41.2. The fraction of sp³-hybridized carbons (Fsp3) is 0.300. The van der Waals surface area contributed by atoms with Crippen LogP contribution >= 0.6 is 0 Å². The van der Waals surface area contributed by atoms with E-state index in [1.807, 2.05) is 24.3 Å². The molecular formula is C40H45N9O8S. The summed E-state index contributed by atoms with van der Waals surface area (Å²) in [5, 5.41) is 15.5. The highest BCUT2D eigenvalue weighted by Gasteiger charge is 2.31. The van der Waals surface area contributed by atoms with Crippen LogP contribution in [-0.2, 0) is 39.3 Å². The van der Waals surface area contributed by atoms with Crippen LogP contribution < -0.4 is 21.5 Å². The number of nitrogens with zero attached hydrogens (tertiary/aromatic N) is 4. The van der Waals surface area contributed by atoms with Crippen molar-refractivity contribution in [3.05, 3.63) is 113 Å². The first kappa shape index (κ1) is 41.3. The summed E-state index contributed by atoms with van der Waals surface area (Å²) in [5.74, 6) is -0.897. The Kier molecular flexibility index (Phi) is 13.3. The minimum atomic E-state index is -4.37. The Morgan fingerprint density at radius 3 is 2.48 bits per heavy atom. The number of aliphatic carboxylic acids is 1. The van der Waals surface area contributed by atoms with E-state index in [1.165, 1.54) is 18.3 Å². The number of nitrogens with one attached hydrogen (secondary N) is 5. The Bertz CT molecular complexity index is 2350. The van der Waals surface area contributed by atoms with Crippen LogP contribution in [0.2, 0.25) is 0 Å². The highest BCUT2D eigenvalue weighted by Crippen LogP contribution is 2.27. The summed E-state index contributed by atoms with van der Waals surface area (Å²) in [7, 11) is -2.67. The quantitative estimate of drug-likeness (QED) is 0.0374. The largest absolute Gasteiger partial charge is 0.481 e. The molecule has 3 heterocycles. The van der Waals surface area contributed by atoms with Gasteiger partial charge >= 0.3 is 5.97 Å². The van der Waals surface area contributed by atoms with E-state index in [2.05, 4.69) is 36.4 Å². The highest BCUT2D eigenvalue weighted by atomic mass is 32.2. The molecule has 0 bridgehead atoms. The number of aromatic nitrogens is 3. The van der Waals surface area contributed by atoms with Gasteiger partial charge in [0, 0.05) is 50.7 Å². The van der Waals surface area contributed by atoms with E-state index >= 15 is 0 Å². The number of para-hydroxylation sites is 2. The molecule has 0 radical (unpaired) electrons. The molecule has 7 N–H and O–H groups in total. The average molecular weight is 812 g/mol. The Labute approximate surface area is 335 Å². The summed E-state index contributed by atoms with van der Waals surface area (Å²) in [6, 6.07) is 21.0. The van der Waals surface area contributed by atoms with Gasteiger partial charge < -0.3 is 35.9 Å². The second-order valence-electron chi connectivity index (χ2n) is 14.0. The lowest BCUT2D eigenvalue weighted by atomic mass is 10.1. The molecule has 0 saturated carbocycles. The van der Waals surface area contributed by atoms with E-state index in [4.69, 9.17) is 0 Å². The van der Waals surface area contributed by atoms with Gasteiger partial charge in [-0.1, -0.05) is 43.2 Å². The number of H-pyrrole nitrogens is 1. The fourth-order valence-electron chi connectivity index (χ4n) is 6.67. The number of amides is 3. The van der Waals surface area contributed by atoms with Gasteiger partial charge in [0.25, 0.3) is 21.9 Å². The van der Waals surface area contributed by atoms with Crippen molar-refractivity contribution in [2.24, 2.45) is 0 Å². The lowest BCUT2D eigenvalue weighted by molar-refractivity contribution is -0.141. The zero-order valence-electron chi connectivity index (χ0n) is 31.8. The van der Waals surface area contributed by atoms with Gasteiger partial charge in [0.1, 0.15) is 17.7 Å². The number of unbranched alkanes of at least 4 members (excludes halogenated alkanes) is 3. The minimum Gasteiger partial charge on any atom is -0.481 e. The predicted octanol–water partition coefficient (Wildman–Crippen LogP) is 4.18. The molecule has 304 valence electrons. The van der Waals surface area contributed by atoms with Crippen LogP contribution in [0.15, 0.2) is 90.0 Å². The van der Waals surface area contributed by atoms with Crippen LogP contribution in [0.1, 0.15) is 69.8 Å². The molecule has 1 aliphatic heterocycles. The predicted molar refractivity (Wildman–Crippen MR) is 215 cm³/mol. The molecule has 0 spiro atoms. The van der Waals surface area contributed by atoms with Gasteiger partial charge in [-0.2, -0.15) is 8.42 Å². The SMILES string of the molecule is CN(Cc1nc2ccccc2[nH]1)C(=O)c1ccc2c(c1)CN(CCCCCCNC(=O)c1ccc(NNCc3ccccc3S(=O)(=O)O)nc1)C(=O)C(CC(=O)O)N2. The number of pyridine rings is 1. The summed E-state index contributed by atoms with van der Waals surface area (Å²) >= 11 is 0. The number of benzene rings is 3. The van der Waals surface area contributed by atoms with Crippen LogP contribution in [0.25, 0.3) is 11.0 Å². The molecular weight excluding hydrogens is 767 g/mol. The van der Waals surface area contributed by atoms with Gasteiger partial charge in [0.05, 0.1) is 34.5 Å². The number of rotatable bonds is 18. The number of hydrazine groups is 1. The number of anilines is 2. The molecule has 1 atom stereocenters. The number of fused-ring (bicyclic) bond motifs is 2. The Balaban J connectivity index is 0.953. The van der Waals surface area contributed by atoms with Gasteiger partial charge in [-0.3, -0.25) is 23.7 Å². The normalized spacial score (nSPS) is 14.0. The minimum absolute atomic E-state index is 0.0815. The van der Waals surface area contributed by atoms with Gasteiger partial charge in [0.15, 0.2) is 0 Å². The van der Waals surface area contributed by atoms with Crippen molar-refractivity contribution in [3.63, 3.8) is 0 Å². The summed E-state index contributed by atoms with van der Waals surface area (Å²) in [5.41, 5.74) is 9.84. The lowest BCUT2D eigenvalue weighted by Gasteiger charge is -2.24. The Morgan fingerprint density at radius 1 is 0.966 bits per heavy atom. The fourth-order valence-corrected chi connectivity index (χ4v) is 7.39. The van der Waals surface area contributed by atoms with Gasteiger partial charge in [-0.05, 0) is 72.5 Å². The van der Waals surface area contributed by atoms with E-state index < -0.39 is 28.6 Å². The van der Waals surface area contributed by atoms with E-state index in [0.717, 1.165) is 23.9 Å². The maximum absolute atomic E-state index is 13.5. The van der Waals surface area contributed by atoms with E-state index in [9.17, 15) is 37.3 Å². The zero-order valence-corrected chi connectivity index (χ0v) is 32.6. The topological polar surface area (TPSA) is 239 Å². The number of carbonyl (C=O) groups is 4. The van der Waals surface area contributed by atoms with Crippen LogP contribution in [0, 0.1) is 0 Å². The Morgan fingerprint density at radius 2 is 1.72 bits per heavy atom. The molecule has 2 aromatic heterocycles. The van der Waals surface area contributed by atoms with Gasteiger partial charge in [0.2, 0.25) is 5.91 Å². The molecule has 58 heavy (non-hydrogen) atoms. The van der Waals surface area contributed by atoms with Crippen molar-refractivity contribution < 1.29 is 37.3 Å². The van der Waals surface area contributed by atoms with Crippen molar-refractivity contribution in [1.29, 1.82) is 0 Å². The van der Waals surface area contributed by atoms with Crippen molar-refractivity contribution in [2.75, 3.05) is 30.9 Å². The maximum Gasteiger partial charge on any atom is 0.305 e. The molecule has 0 saturated heterocycles. The summed E-state index contributed by atoms with van der Waals surface area (Å²) in [6.45, 7) is 1.37. The first-order chi connectivity index (χ1) is 27.9. The second kappa shape index (κ2) is 18.7. The monoisotopic (exact) mass is 811 g/mol. The molecule has 1 aliphatic rings. The van der Waals surface area contributed by atoms with Crippen molar-refractivity contribution in [3.8, 4) is 0 Å². The van der Waals surface area contributed by atoms with Crippen LogP contribution in [0.5, 0.6) is 0 Å². The Hall–Kier alpha value is -6.37. The van der Waals surface area contributed by atoms with E-state index in [1.54, 1.807) is 59.3 Å². The first-order valence-electron chi connectivity index (χ1n) is 18.7. The van der Waals surface area contributed by atoms with Gasteiger partial charge in [-0.25, -0.2) is 15.4 Å². The molecule has 17 nitrogen and oxygen atoms in total. The number of carboxylic acids is 1. The van der Waals surface area contributed by atoms with Crippen LogP contribution in [0.4, 0.5) is 11.5 Å². The average Bonchev–Trinajstić information content (AvgIpc) is 3.56. The number of hydrogen-bond acceptors (Lipinski definition) is 11. The standard InChI is InChI=1S/C40H45N9O8S/c1-48(25-36-45-31-11-5-6-12-32(31)46-36)39(53)26-14-16-30-29(20-26)24-49(40(54)33(44-30)21-37(50)51)19-9-3-2-8-18-41-38(52)28-15-17-35(42-22-28)47-43-23-27-10-4-7-13-34(27)58(55,56)57/h4-7,10-17,20,22,33,43-44H,2-3,8-9,18-19,21,23-25H2,1H3,(H,41,52)(H,42,47)(H,45,46)(H,50,51)(H,55,56,57). The highest BCUT2D eigenvalue weighted by molar-refractivity contribution is 7.85.